The van der Waals surface area contributed by atoms with Crippen molar-refractivity contribution < 1.29 is 9.90 Å². The van der Waals surface area contributed by atoms with Gasteiger partial charge in [0.25, 0.3) is 0 Å². The summed E-state index contributed by atoms with van der Waals surface area (Å²) in [6.07, 6.45) is 9.08. The van der Waals surface area contributed by atoms with Gasteiger partial charge in [-0.3, -0.25) is 4.79 Å². The van der Waals surface area contributed by atoms with E-state index in [1.165, 1.54) is 6.42 Å². The average molecular weight is 255 g/mol. The molecule has 1 N–H and O–H groups in total. The van der Waals surface area contributed by atoms with E-state index in [9.17, 15) is 9.90 Å². The van der Waals surface area contributed by atoms with E-state index >= 15 is 0 Å². The van der Waals surface area contributed by atoms with E-state index < -0.39 is 5.60 Å². The Morgan fingerprint density at radius 1 is 1.22 bits per heavy atom. The van der Waals surface area contributed by atoms with Crippen molar-refractivity contribution in [2.75, 3.05) is 14.1 Å². The molecule has 0 heterocycles. The molecule has 1 atom stereocenters. The Kier molecular flexibility index (Phi) is 6.13. The lowest BCUT2D eigenvalue weighted by Crippen LogP contribution is -2.47. The van der Waals surface area contributed by atoms with Crippen molar-refractivity contribution in [1.82, 2.24) is 4.90 Å². The van der Waals surface area contributed by atoms with Crippen molar-refractivity contribution in [1.29, 1.82) is 0 Å². The van der Waals surface area contributed by atoms with E-state index in [2.05, 4.69) is 6.92 Å². The standard InChI is InChI=1S/C15H29NO2/c1-4-5-7-10-13(14(17)16(2)3)15(18)11-8-6-9-12-15/h13,18H,4-12H2,1-3H3. The number of amides is 1. The van der Waals surface area contributed by atoms with Crippen LogP contribution in [-0.4, -0.2) is 35.6 Å². The molecule has 106 valence electrons. The first-order valence-electron chi connectivity index (χ1n) is 7.45. The van der Waals surface area contributed by atoms with E-state index in [0.717, 1.165) is 51.4 Å². The minimum Gasteiger partial charge on any atom is -0.389 e. The predicted molar refractivity (Wildman–Crippen MR) is 74.4 cm³/mol. The largest absolute Gasteiger partial charge is 0.389 e. The van der Waals surface area contributed by atoms with Crippen LogP contribution in [0.1, 0.15) is 64.7 Å². The fourth-order valence-corrected chi connectivity index (χ4v) is 3.04. The number of hydrogen-bond donors (Lipinski definition) is 1. The van der Waals surface area contributed by atoms with Crippen molar-refractivity contribution in [3.63, 3.8) is 0 Å². The van der Waals surface area contributed by atoms with Gasteiger partial charge in [0.2, 0.25) is 5.91 Å². The van der Waals surface area contributed by atoms with Gasteiger partial charge in [-0.1, -0.05) is 45.4 Å². The van der Waals surface area contributed by atoms with Crippen LogP contribution in [0, 0.1) is 5.92 Å². The summed E-state index contributed by atoms with van der Waals surface area (Å²) in [5, 5.41) is 10.8. The third kappa shape index (κ3) is 3.98. The summed E-state index contributed by atoms with van der Waals surface area (Å²) in [5.74, 6) is -0.0881. The van der Waals surface area contributed by atoms with Crippen LogP contribution in [0.5, 0.6) is 0 Å². The number of carbonyl (C=O) groups is 1. The first kappa shape index (κ1) is 15.5. The van der Waals surface area contributed by atoms with E-state index in [4.69, 9.17) is 0 Å². The number of unbranched alkanes of at least 4 members (excludes halogenated alkanes) is 2. The molecule has 3 heteroatoms. The van der Waals surface area contributed by atoms with E-state index in [-0.39, 0.29) is 11.8 Å². The van der Waals surface area contributed by atoms with Crippen LogP contribution in [0.15, 0.2) is 0 Å². The van der Waals surface area contributed by atoms with Gasteiger partial charge in [0.05, 0.1) is 11.5 Å². The summed E-state index contributed by atoms with van der Waals surface area (Å²) in [6, 6.07) is 0. The summed E-state index contributed by atoms with van der Waals surface area (Å²) in [5.41, 5.74) is -0.743. The molecule has 3 nitrogen and oxygen atoms in total. The molecule has 18 heavy (non-hydrogen) atoms. The molecule has 0 aromatic carbocycles. The number of rotatable bonds is 6. The number of aliphatic hydroxyl groups is 1. The van der Waals surface area contributed by atoms with Gasteiger partial charge in [0, 0.05) is 14.1 Å². The molecule has 1 unspecified atom stereocenters. The van der Waals surface area contributed by atoms with Crippen LogP contribution < -0.4 is 0 Å². The zero-order chi connectivity index (χ0) is 13.6. The van der Waals surface area contributed by atoms with Crippen molar-refractivity contribution in [2.24, 2.45) is 5.92 Å². The van der Waals surface area contributed by atoms with Crippen LogP contribution in [0.3, 0.4) is 0 Å². The van der Waals surface area contributed by atoms with E-state index in [1.54, 1.807) is 19.0 Å². The second-order valence-corrected chi connectivity index (χ2v) is 5.95. The maximum Gasteiger partial charge on any atom is 0.228 e. The predicted octanol–water partition coefficient (Wildman–Crippen LogP) is 2.97. The maximum atomic E-state index is 12.3. The Balaban J connectivity index is 2.71. The quantitative estimate of drug-likeness (QED) is 0.741. The Morgan fingerprint density at radius 2 is 1.83 bits per heavy atom. The van der Waals surface area contributed by atoms with Gasteiger partial charge in [0.15, 0.2) is 0 Å². The molecule has 0 saturated heterocycles. The van der Waals surface area contributed by atoms with Gasteiger partial charge >= 0.3 is 0 Å². The number of carbonyl (C=O) groups excluding carboxylic acids is 1. The SMILES string of the molecule is CCCCCC(C(=O)N(C)C)C1(O)CCCCC1. The molecular formula is C15H29NO2. The van der Waals surface area contributed by atoms with Gasteiger partial charge in [-0.25, -0.2) is 0 Å². The molecule has 1 rings (SSSR count). The van der Waals surface area contributed by atoms with Crippen LogP contribution in [0.4, 0.5) is 0 Å². The normalized spacial score (nSPS) is 20.4. The van der Waals surface area contributed by atoms with E-state index in [1.807, 2.05) is 0 Å². The van der Waals surface area contributed by atoms with Gasteiger partial charge in [-0.2, -0.15) is 0 Å². The van der Waals surface area contributed by atoms with Gasteiger partial charge in [-0.15, -0.1) is 0 Å². The number of hydrogen-bond acceptors (Lipinski definition) is 2. The minimum atomic E-state index is -0.743. The van der Waals surface area contributed by atoms with Crippen LogP contribution >= 0.6 is 0 Å². The lowest BCUT2D eigenvalue weighted by Gasteiger charge is -2.39. The summed E-state index contributed by atoms with van der Waals surface area (Å²) >= 11 is 0. The highest BCUT2D eigenvalue weighted by molar-refractivity contribution is 5.79. The van der Waals surface area contributed by atoms with Crippen LogP contribution in [0.25, 0.3) is 0 Å². The monoisotopic (exact) mass is 255 g/mol. The Labute approximate surface area is 112 Å². The molecule has 1 aliphatic rings. The van der Waals surface area contributed by atoms with Crippen LogP contribution in [-0.2, 0) is 4.79 Å². The molecular weight excluding hydrogens is 226 g/mol. The summed E-state index contributed by atoms with van der Waals surface area (Å²) in [6.45, 7) is 2.16. The Bertz CT molecular complexity index is 257. The molecule has 0 aliphatic heterocycles. The summed E-state index contributed by atoms with van der Waals surface area (Å²) in [4.78, 5) is 13.9. The molecule has 0 aromatic heterocycles. The Hall–Kier alpha value is -0.570. The third-order valence-electron chi connectivity index (χ3n) is 4.20. The van der Waals surface area contributed by atoms with Gasteiger partial charge in [0.1, 0.15) is 0 Å². The molecule has 1 saturated carbocycles. The smallest absolute Gasteiger partial charge is 0.228 e. The van der Waals surface area contributed by atoms with Crippen molar-refractivity contribution in [3.05, 3.63) is 0 Å². The highest BCUT2D eigenvalue weighted by Crippen LogP contribution is 2.37. The van der Waals surface area contributed by atoms with Gasteiger partial charge < -0.3 is 10.0 Å². The molecule has 1 fully saturated rings. The summed E-state index contributed by atoms with van der Waals surface area (Å²) in [7, 11) is 3.59. The number of nitrogens with zero attached hydrogens (tertiary/aromatic N) is 1. The first-order valence-corrected chi connectivity index (χ1v) is 7.45. The second kappa shape index (κ2) is 7.13. The molecule has 1 aliphatic carbocycles. The second-order valence-electron chi connectivity index (χ2n) is 5.95. The summed E-state index contributed by atoms with van der Waals surface area (Å²) < 4.78 is 0. The fraction of sp³-hybridized carbons (Fsp3) is 0.933. The zero-order valence-electron chi connectivity index (χ0n) is 12.2. The molecule has 1 amide bonds. The topological polar surface area (TPSA) is 40.5 Å². The highest BCUT2D eigenvalue weighted by Gasteiger charge is 2.41. The van der Waals surface area contributed by atoms with Crippen molar-refractivity contribution in [3.8, 4) is 0 Å². The minimum absolute atomic E-state index is 0.107. The highest BCUT2D eigenvalue weighted by atomic mass is 16.3. The lowest BCUT2D eigenvalue weighted by molar-refractivity contribution is -0.146. The first-order chi connectivity index (χ1) is 8.51. The molecule has 0 bridgehead atoms. The van der Waals surface area contributed by atoms with Gasteiger partial charge in [-0.05, 0) is 19.3 Å². The van der Waals surface area contributed by atoms with Crippen molar-refractivity contribution in [2.45, 2.75) is 70.3 Å². The fourth-order valence-electron chi connectivity index (χ4n) is 3.04. The molecule has 0 spiro atoms. The third-order valence-corrected chi connectivity index (χ3v) is 4.20. The van der Waals surface area contributed by atoms with Crippen LogP contribution in [0.2, 0.25) is 0 Å². The van der Waals surface area contributed by atoms with Crippen molar-refractivity contribution >= 4 is 5.91 Å². The maximum absolute atomic E-state index is 12.3. The lowest BCUT2D eigenvalue weighted by atomic mass is 9.73. The molecule has 0 radical (unpaired) electrons. The zero-order valence-corrected chi connectivity index (χ0v) is 12.2. The average Bonchev–Trinajstić information content (AvgIpc) is 2.34. The Morgan fingerprint density at radius 3 is 2.33 bits per heavy atom. The molecule has 0 aromatic rings. The van der Waals surface area contributed by atoms with E-state index in [0.29, 0.717) is 0 Å².